The third-order valence-electron chi connectivity index (χ3n) is 4.89. The lowest BCUT2D eigenvalue weighted by molar-refractivity contribution is -0.140. The Morgan fingerprint density at radius 2 is 2.00 bits per heavy atom. The molecule has 2 unspecified atom stereocenters. The van der Waals surface area contributed by atoms with Crippen molar-refractivity contribution in [3.63, 3.8) is 0 Å². The van der Waals surface area contributed by atoms with Crippen LogP contribution in [0.2, 0.25) is 5.02 Å². The van der Waals surface area contributed by atoms with Gasteiger partial charge in [0.15, 0.2) is 11.5 Å². The molecule has 0 saturated heterocycles. The van der Waals surface area contributed by atoms with Crippen molar-refractivity contribution in [1.29, 1.82) is 0 Å². The number of ether oxygens (including phenoxy) is 3. The molecule has 1 N–H and O–H groups in total. The average molecular weight is 423 g/mol. The van der Waals surface area contributed by atoms with Crippen LogP contribution in [0.3, 0.4) is 0 Å². The Bertz CT molecular complexity index is 999. The van der Waals surface area contributed by atoms with E-state index in [0.717, 1.165) is 17.7 Å². The van der Waals surface area contributed by atoms with Gasteiger partial charge in [0, 0.05) is 17.5 Å². The summed E-state index contributed by atoms with van der Waals surface area (Å²) in [5.74, 6) is -3.69. The second kappa shape index (κ2) is 7.31. The van der Waals surface area contributed by atoms with Gasteiger partial charge in [0.2, 0.25) is 0 Å². The quantitative estimate of drug-likeness (QED) is 0.758. The summed E-state index contributed by atoms with van der Waals surface area (Å²) in [6.45, 7) is 1.62. The maximum Gasteiger partial charge on any atom is 0.305 e. The van der Waals surface area contributed by atoms with Crippen molar-refractivity contribution in [2.24, 2.45) is 0 Å². The van der Waals surface area contributed by atoms with E-state index in [2.05, 4.69) is 0 Å². The molecular formula is C21H17ClF2O5. The fraction of sp³-hybridized carbons (Fsp3) is 0.286. The van der Waals surface area contributed by atoms with Gasteiger partial charge in [-0.2, -0.15) is 0 Å². The fourth-order valence-electron chi connectivity index (χ4n) is 3.59. The molecule has 0 bridgehead atoms. The number of carbonyl (C=O) groups is 1. The topological polar surface area (TPSA) is 65.0 Å². The van der Waals surface area contributed by atoms with Gasteiger partial charge in [0.25, 0.3) is 5.79 Å². The van der Waals surface area contributed by atoms with Gasteiger partial charge >= 0.3 is 5.97 Å². The Morgan fingerprint density at radius 1 is 1.28 bits per heavy atom. The molecule has 2 aromatic carbocycles. The molecule has 5 nitrogen and oxygen atoms in total. The number of rotatable bonds is 4. The number of aliphatic carboxylic acids is 1. The first-order valence-electron chi connectivity index (χ1n) is 8.95. The Labute approximate surface area is 170 Å². The van der Waals surface area contributed by atoms with Gasteiger partial charge in [-0.3, -0.25) is 4.79 Å². The van der Waals surface area contributed by atoms with Crippen LogP contribution in [-0.2, 0) is 15.3 Å². The normalized spacial score (nSPS) is 23.0. The predicted octanol–water partition coefficient (Wildman–Crippen LogP) is 4.91. The highest BCUT2D eigenvalue weighted by atomic mass is 35.5. The first-order valence-corrected chi connectivity index (χ1v) is 9.33. The van der Waals surface area contributed by atoms with Crippen molar-refractivity contribution in [2.45, 2.75) is 31.7 Å². The lowest BCUT2D eigenvalue weighted by atomic mass is 9.99. The van der Waals surface area contributed by atoms with E-state index < -0.39 is 29.5 Å². The zero-order valence-corrected chi connectivity index (χ0v) is 16.1. The SMILES string of the molecule is CC1(c2c(F)cc(Cl)cc2F)Oc2cccc(C3=CCC(CC(=O)O)OC3)c2O1. The van der Waals surface area contributed by atoms with Gasteiger partial charge in [0.05, 0.1) is 19.1 Å². The van der Waals surface area contributed by atoms with Crippen molar-refractivity contribution in [3.8, 4) is 11.5 Å². The van der Waals surface area contributed by atoms with Gasteiger partial charge < -0.3 is 19.3 Å². The lowest BCUT2D eigenvalue weighted by Gasteiger charge is -2.25. The first kappa shape index (κ1) is 19.7. The molecule has 8 heteroatoms. The molecule has 0 aromatic heterocycles. The second-order valence-electron chi connectivity index (χ2n) is 7.02. The van der Waals surface area contributed by atoms with Crippen LogP contribution in [-0.4, -0.2) is 23.8 Å². The van der Waals surface area contributed by atoms with Crippen LogP contribution in [0.25, 0.3) is 5.57 Å². The average Bonchev–Trinajstić information content (AvgIpc) is 2.97. The van der Waals surface area contributed by atoms with E-state index in [4.69, 9.17) is 30.9 Å². The van der Waals surface area contributed by atoms with Crippen LogP contribution in [0, 0.1) is 11.6 Å². The smallest absolute Gasteiger partial charge is 0.305 e. The van der Waals surface area contributed by atoms with Gasteiger partial charge in [0.1, 0.15) is 17.2 Å². The summed E-state index contributed by atoms with van der Waals surface area (Å²) < 4.78 is 46.3. The zero-order valence-electron chi connectivity index (χ0n) is 15.4. The molecule has 0 saturated carbocycles. The van der Waals surface area contributed by atoms with Crippen molar-refractivity contribution in [2.75, 3.05) is 6.61 Å². The zero-order chi connectivity index (χ0) is 20.8. The molecule has 0 spiro atoms. The van der Waals surface area contributed by atoms with Crippen LogP contribution in [0.4, 0.5) is 8.78 Å². The first-order chi connectivity index (χ1) is 13.8. The third-order valence-corrected chi connectivity index (χ3v) is 5.11. The summed E-state index contributed by atoms with van der Waals surface area (Å²) in [7, 11) is 0. The maximum atomic E-state index is 14.5. The number of para-hydroxylation sites is 1. The van der Waals surface area contributed by atoms with Gasteiger partial charge in [-0.15, -0.1) is 0 Å². The Balaban J connectivity index is 1.65. The monoisotopic (exact) mass is 422 g/mol. The minimum Gasteiger partial charge on any atom is -0.481 e. The molecule has 2 atom stereocenters. The predicted molar refractivity (Wildman–Crippen MR) is 101 cm³/mol. The molecule has 0 radical (unpaired) electrons. The number of hydrogen-bond acceptors (Lipinski definition) is 4. The molecule has 2 heterocycles. The van der Waals surface area contributed by atoms with E-state index >= 15 is 0 Å². The van der Waals surface area contributed by atoms with Crippen LogP contribution < -0.4 is 9.47 Å². The summed E-state index contributed by atoms with van der Waals surface area (Å²) in [4.78, 5) is 10.8. The van der Waals surface area contributed by atoms with E-state index in [0.29, 0.717) is 23.5 Å². The van der Waals surface area contributed by atoms with Crippen LogP contribution in [0.15, 0.2) is 36.4 Å². The lowest BCUT2D eigenvalue weighted by Crippen LogP contribution is -2.34. The summed E-state index contributed by atoms with van der Waals surface area (Å²) in [6.07, 6.45) is 1.84. The standard InChI is InChI=1S/C21H17ClF2O5/c1-21(19-15(23)7-12(22)8-16(19)24)28-17-4-2-3-14(20(17)29-21)11-5-6-13(27-10-11)9-18(25)26/h2-5,7-8,13H,6,9-10H2,1H3,(H,25,26). The highest BCUT2D eigenvalue weighted by molar-refractivity contribution is 6.30. The maximum absolute atomic E-state index is 14.5. The van der Waals surface area contributed by atoms with E-state index in [1.54, 1.807) is 18.2 Å². The molecule has 152 valence electrons. The minimum absolute atomic E-state index is 0.0658. The second-order valence-corrected chi connectivity index (χ2v) is 7.46. The number of halogens is 3. The molecule has 29 heavy (non-hydrogen) atoms. The number of carboxylic acid groups (broad SMARTS) is 1. The summed E-state index contributed by atoms with van der Waals surface area (Å²) >= 11 is 5.71. The van der Waals surface area contributed by atoms with E-state index in [1.807, 2.05) is 6.08 Å². The summed E-state index contributed by atoms with van der Waals surface area (Å²) in [6, 6.07) is 7.17. The highest BCUT2D eigenvalue weighted by Gasteiger charge is 2.44. The Hall–Kier alpha value is -2.64. The number of fused-ring (bicyclic) bond motifs is 1. The largest absolute Gasteiger partial charge is 0.481 e. The molecule has 2 aromatic rings. The molecule has 0 aliphatic carbocycles. The van der Waals surface area contributed by atoms with Gasteiger partial charge in [-0.05, 0) is 30.2 Å². The third kappa shape index (κ3) is 3.68. The van der Waals surface area contributed by atoms with Gasteiger partial charge in [-0.25, -0.2) is 8.78 Å². The van der Waals surface area contributed by atoms with E-state index in [1.165, 1.54) is 6.92 Å². The Kier molecular flexibility index (Phi) is 4.96. The minimum atomic E-state index is -1.71. The van der Waals surface area contributed by atoms with Crippen LogP contribution in [0.1, 0.15) is 30.9 Å². The number of hydrogen-bond donors (Lipinski definition) is 1. The molecule has 2 aliphatic rings. The number of carboxylic acids is 1. The number of benzene rings is 2. The van der Waals surface area contributed by atoms with Crippen molar-refractivity contribution in [1.82, 2.24) is 0 Å². The van der Waals surface area contributed by atoms with Gasteiger partial charge in [-0.1, -0.05) is 29.8 Å². The summed E-state index contributed by atoms with van der Waals surface area (Å²) in [5.41, 5.74) is 1.07. The van der Waals surface area contributed by atoms with Crippen LogP contribution >= 0.6 is 11.6 Å². The Morgan fingerprint density at radius 3 is 2.62 bits per heavy atom. The van der Waals surface area contributed by atoms with Crippen molar-refractivity contribution < 1.29 is 32.9 Å². The molecule has 2 aliphatic heterocycles. The van der Waals surface area contributed by atoms with Crippen molar-refractivity contribution >= 4 is 23.1 Å². The summed E-state index contributed by atoms with van der Waals surface area (Å²) in [5, 5.41) is 8.83. The van der Waals surface area contributed by atoms with E-state index in [9.17, 15) is 13.6 Å². The van der Waals surface area contributed by atoms with Crippen molar-refractivity contribution in [3.05, 3.63) is 64.2 Å². The molecule has 0 fully saturated rings. The molecular weight excluding hydrogens is 406 g/mol. The van der Waals surface area contributed by atoms with E-state index in [-0.39, 0.29) is 23.6 Å². The molecule has 4 rings (SSSR count). The van der Waals surface area contributed by atoms with Crippen LogP contribution in [0.5, 0.6) is 11.5 Å². The molecule has 0 amide bonds. The highest BCUT2D eigenvalue weighted by Crippen LogP contribution is 2.49. The fourth-order valence-corrected chi connectivity index (χ4v) is 3.78.